The summed E-state index contributed by atoms with van der Waals surface area (Å²) in [6.45, 7) is 2.26. The lowest BCUT2D eigenvalue weighted by Crippen LogP contribution is -2.44. The van der Waals surface area contributed by atoms with Crippen LogP contribution in [0.15, 0.2) is 18.3 Å². The van der Waals surface area contributed by atoms with E-state index >= 15 is 0 Å². The number of hydrogen-bond donors (Lipinski definition) is 1. The molecule has 2 saturated heterocycles. The summed E-state index contributed by atoms with van der Waals surface area (Å²) in [6.07, 6.45) is 4.32. The first-order valence-corrected chi connectivity index (χ1v) is 7.94. The Morgan fingerprint density at radius 2 is 2.09 bits per heavy atom. The molecule has 1 aromatic heterocycles. The number of amides is 2. The largest absolute Gasteiger partial charge is 0.380 e. The maximum atomic E-state index is 12.8. The normalized spacial score (nSPS) is 24.2. The van der Waals surface area contributed by atoms with Gasteiger partial charge in [0, 0.05) is 45.0 Å². The lowest BCUT2D eigenvalue weighted by molar-refractivity contribution is -0.131. The van der Waals surface area contributed by atoms with Crippen molar-refractivity contribution in [1.82, 2.24) is 9.88 Å². The van der Waals surface area contributed by atoms with E-state index in [1.807, 2.05) is 9.80 Å². The van der Waals surface area contributed by atoms with Crippen molar-refractivity contribution in [2.75, 3.05) is 31.6 Å². The van der Waals surface area contributed by atoms with Crippen LogP contribution in [0.3, 0.4) is 0 Å². The number of pyridine rings is 1. The fourth-order valence-corrected chi connectivity index (χ4v) is 3.37. The van der Waals surface area contributed by atoms with Crippen LogP contribution in [0.5, 0.6) is 0 Å². The van der Waals surface area contributed by atoms with E-state index in [0.29, 0.717) is 13.0 Å². The minimum atomic E-state index is -0.572. The number of nitrogens with two attached hydrogens (primary N) is 1. The Balaban J connectivity index is 1.86. The van der Waals surface area contributed by atoms with Gasteiger partial charge < -0.3 is 20.3 Å². The first kappa shape index (κ1) is 15.7. The van der Waals surface area contributed by atoms with Crippen molar-refractivity contribution < 1.29 is 14.3 Å². The van der Waals surface area contributed by atoms with E-state index in [1.54, 1.807) is 25.4 Å². The number of primary amides is 1. The number of aromatic nitrogens is 1. The summed E-state index contributed by atoms with van der Waals surface area (Å²) in [5.74, 6) is -0.434. The number of methoxy groups -OCH3 is 1. The summed E-state index contributed by atoms with van der Waals surface area (Å²) in [7, 11) is 1.66. The van der Waals surface area contributed by atoms with Crippen LogP contribution in [0.4, 0.5) is 5.69 Å². The summed E-state index contributed by atoms with van der Waals surface area (Å²) < 4.78 is 5.46. The highest BCUT2D eigenvalue weighted by atomic mass is 16.5. The second-order valence-corrected chi connectivity index (χ2v) is 6.06. The zero-order valence-corrected chi connectivity index (χ0v) is 13.3. The van der Waals surface area contributed by atoms with E-state index in [4.69, 9.17) is 10.5 Å². The molecular weight excluding hydrogens is 296 g/mol. The predicted molar refractivity (Wildman–Crippen MR) is 85.1 cm³/mol. The van der Waals surface area contributed by atoms with Gasteiger partial charge in [-0.15, -0.1) is 0 Å². The molecule has 2 amide bonds. The molecule has 0 saturated carbocycles. The molecule has 7 nitrogen and oxygen atoms in total. The Kier molecular flexibility index (Phi) is 4.47. The number of carbonyl (C=O) groups excluding carboxylic acids is 2. The maximum Gasteiger partial charge on any atom is 0.267 e. The molecule has 3 heterocycles. The molecule has 0 unspecified atom stereocenters. The Labute approximate surface area is 135 Å². The number of nitrogens with zero attached hydrogens (tertiary/aromatic N) is 3. The van der Waals surface area contributed by atoms with Crippen LogP contribution in [0.2, 0.25) is 0 Å². The number of carbonyl (C=O) groups is 2. The van der Waals surface area contributed by atoms with Gasteiger partial charge in [0.1, 0.15) is 11.7 Å². The van der Waals surface area contributed by atoms with Crippen molar-refractivity contribution in [3.05, 3.63) is 24.0 Å². The van der Waals surface area contributed by atoms with Gasteiger partial charge in [-0.25, -0.2) is 0 Å². The number of rotatable bonds is 4. The topological polar surface area (TPSA) is 88.8 Å². The third-order valence-corrected chi connectivity index (χ3v) is 4.63. The maximum absolute atomic E-state index is 12.8. The Morgan fingerprint density at radius 3 is 2.74 bits per heavy atom. The van der Waals surface area contributed by atoms with Gasteiger partial charge in [-0.05, 0) is 25.0 Å². The van der Waals surface area contributed by atoms with Crippen LogP contribution >= 0.6 is 0 Å². The molecule has 0 aliphatic carbocycles. The van der Waals surface area contributed by atoms with Gasteiger partial charge in [-0.2, -0.15) is 0 Å². The summed E-state index contributed by atoms with van der Waals surface area (Å²) in [5, 5.41) is 0. The summed E-state index contributed by atoms with van der Waals surface area (Å²) in [6, 6.07) is 3.18. The second-order valence-electron chi connectivity index (χ2n) is 6.06. The van der Waals surface area contributed by atoms with Crippen molar-refractivity contribution in [3.63, 3.8) is 0 Å². The summed E-state index contributed by atoms with van der Waals surface area (Å²) in [5.41, 5.74) is 6.30. The molecule has 2 aliphatic heterocycles. The zero-order chi connectivity index (χ0) is 16.4. The fourth-order valence-electron chi connectivity index (χ4n) is 3.37. The molecule has 0 spiro atoms. The highest BCUT2D eigenvalue weighted by Crippen LogP contribution is 2.29. The van der Waals surface area contributed by atoms with Crippen molar-refractivity contribution in [2.45, 2.75) is 31.4 Å². The fraction of sp³-hybridized carbons (Fsp3) is 0.562. The van der Waals surface area contributed by atoms with Crippen LogP contribution in [0.1, 0.15) is 29.8 Å². The first-order chi connectivity index (χ1) is 11.1. The van der Waals surface area contributed by atoms with Crippen molar-refractivity contribution in [2.24, 2.45) is 5.73 Å². The van der Waals surface area contributed by atoms with Crippen LogP contribution in [-0.4, -0.2) is 60.6 Å². The lowest BCUT2D eigenvalue weighted by Gasteiger charge is -2.29. The standard InChI is InChI=1S/C16H22N4O3/c1-23-12-9-14(16(22)19-6-2-3-7-19)20(10-12)11-4-5-18-13(8-11)15(17)21/h4-5,8,12,14H,2-3,6-7,9-10H2,1H3,(H2,17,21)/t12-,14-/m0/s1. The van der Waals surface area contributed by atoms with E-state index in [0.717, 1.165) is 31.6 Å². The number of likely N-dealkylation sites (tertiary alicyclic amines) is 1. The number of hydrogen-bond acceptors (Lipinski definition) is 5. The third-order valence-electron chi connectivity index (χ3n) is 4.63. The van der Waals surface area contributed by atoms with Gasteiger partial charge in [0.2, 0.25) is 5.91 Å². The molecule has 124 valence electrons. The molecule has 2 atom stereocenters. The molecule has 7 heteroatoms. The van der Waals surface area contributed by atoms with E-state index in [2.05, 4.69) is 4.98 Å². The smallest absolute Gasteiger partial charge is 0.267 e. The van der Waals surface area contributed by atoms with E-state index in [1.165, 1.54) is 0 Å². The van der Waals surface area contributed by atoms with Gasteiger partial charge in [0.05, 0.1) is 6.10 Å². The van der Waals surface area contributed by atoms with E-state index in [9.17, 15) is 9.59 Å². The van der Waals surface area contributed by atoms with Crippen molar-refractivity contribution >= 4 is 17.5 Å². The molecule has 0 aromatic carbocycles. The van der Waals surface area contributed by atoms with Gasteiger partial charge in [0.15, 0.2) is 0 Å². The third kappa shape index (κ3) is 3.14. The molecule has 2 fully saturated rings. The minimum Gasteiger partial charge on any atom is -0.380 e. The minimum absolute atomic E-state index is 0.00301. The van der Waals surface area contributed by atoms with E-state index < -0.39 is 5.91 Å². The van der Waals surface area contributed by atoms with Crippen LogP contribution in [0, 0.1) is 0 Å². The second kappa shape index (κ2) is 6.54. The zero-order valence-electron chi connectivity index (χ0n) is 13.3. The Morgan fingerprint density at radius 1 is 1.35 bits per heavy atom. The summed E-state index contributed by atoms with van der Waals surface area (Å²) in [4.78, 5) is 32.1. The van der Waals surface area contributed by atoms with Crippen LogP contribution < -0.4 is 10.6 Å². The molecule has 23 heavy (non-hydrogen) atoms. The molecule has 3 rings (SSSR count). The molecule has 0 radical (unpaired) electrons. The number of ether oxygens (including phenoxy) is 1. The Bertz CT molecular complexity index is 601. The molecule has 2 N–H and O–H groups in total. The molecule has 2 aliphatic rings. The number of anilines is 1. The highest BCUT2D eigenvalue weighted by Gasteiger charge is 2.39. The van der Waals surface area contributed by atoms with Gasteiger partial charge in [0.25, 0.3) is 5.91 Å². The average molecular weight is 318 g/mol. The van der Waals surface area contributed by atoms with Gasteiger partial charge in [-0.1, -0.05) is 0 Å². The molecular formula is C16H22N4O3. The molecule has 1 aromatic rings. The van der Waals surface area contributed by atoms with Crippen molar-refractivity contribution in [3.8, 4) is 0 Å². The van der Waals surface area contributed by atoms with E-state index in [-0.39, 0.29) is 23.7 Å². The Hall–Kier alpha value is -2.15. The SMILES string of the molecule is CO[C@H]1C[C@@H](C(=O)N2CCCC2)N(c2ccnc(C(N)=O)c2)C1. The quantitative estimate of drug-likeness (QED) is 0.868. The average Bonchev–Trinajstić information content (AvgIpc) is 3.24. The highest BCUT2D eigenvalue weighted by molar-refractivity contribution is 5.92. The monoisotopic (exact) mass is 318 g/mol. The molecule has 0 bridgehead atoms. The van der Waals surface area contributed by atoms with Gasteiger partial charge in [-0.3, -0.25) is 14.6 Å². The van der Waals surface area contributed by atoms with Crippen LogP contribution in [0.25, 0.3) is 0 Å². The van der Waals surface area contributed by atoms with Crippen LogP contribution in [-0.2, 0) is 9.53 Å². The van der Waals surface area contributed by atoms with Gasteiger partial charge >= 0.3 is 0 Å². The predicted octanol–water partition coefficient (Wildman–Crippen LogP) is 0.397. The first-order valence-electron chi connectivity index (χ1n) is 7.94. The lowest BCUT2D eigenvalue weighted by atomic mass is 10.1. The van der Waals surface area contributed by atoms with Crippen molar-refractivity contribution in [1.29, 1.82) is 0 Å². The summed E-state index contributed by atoms with van der Waals surface area (Å²) >= 11 is 0.